The van der Waals surface area contributed by atoms with E-state index in [4.69, 9.17) is 21.4 Å². The van der Waals surface area contributed by atoms with Crippen LogP contribution in [0.15, 0.2) is 18.2 Å². The van der Waals surface area contributed by atoms with E-state index in [2.05, 4.69) is 0 Å². The quantitative estimate of drug-likeness (QED) is 0.659. The van der Waals surface area contributed by atoms with Gasteiger partial charge >= 0.3 is 5.97 Å². The molecule has 0 aliphatic carbocycles. The van der Waals surface area contributed by atoms with Crippen LogP contribution in [-0.4, -0.2) is 46.7 Å². The second-order valence-corrected chi connectivity index (χ2v) is 5.23. The van der Waals surface area contributed by atoms with Crippen LogP contribution in [0.2, 0.25) is 5.02 Å². The SMILES string of the molecule is O=C(O)CC1CN(Cc2c(Cl)cccc2[N+](=O)[O-])CCO1. The zero-order valence-corrected chi connectivity index (χ0v) is 12.0. The minimum atomic E-state index is -0.925. The lowest BCUT2D eigenvalue weighted by molar-refractivity contribution is -0.385. The molecular formula is C13H15ClN2O5. The Morgan fingerprint density at radius 3 is 3.00 bits per heavy atom. The molecule has 1 aromatic rings. The number of morpholine rings is 1. The van der Waals surface area contributed by atoms with Gasteiger partial charge in [0.25, 0.3) is 5.69 Å². The summed E-state index contributed by atoms with van der Waals surface area (Å²) < 4.78 is 5.38. The number of hydrogen-bond acceptors (Lipinski definition) is 5. The zero-order chi connectivity index (χ0) is 15.4. The number of ether oxygens (including phenoxy) is 1. The molecule has 0 spiro atoms. The summed E-state index contributed by atoms with van der Waals surface area (Å²) in [6, 6.07) is 4.56. The molecule has 2 rings (SSSR count). The van der Waals surface area contributed by atoms with Crippen molar-refractivity contribution in [2.45, 2.75) is 19.1 Å². The van der Waals surface area contributed by atoms with Gasteiger partial charge in [0.05, 0.1) is 34.6 Å². The molecule has 1 aliphatic rings. The zero-order valence-electron chi connectivity index (χ0n) is 11.2. The average molecular weight is 315 g/mol. The van der Waals surface area contributed by atoms with Crippen LogP contribution >= 0.6 is 11.6 Å². The fourth-order valence-corrected chi connectivity index (χ4v) is 2.57. The summed E-state index contributed by atoms with van der Waals surface area (Å²) in [4.78, 5) is 23.2. The van der Waals surface area contributed by atoms with Gasteiger partial charge in [-0.15, -0.1) is 0 Å². The predicted molar refractivity (Wildman–Crippen MR) is 75.4 cm³/mol. The first-order chi connectivity index (χ1) is 9.97. The molecule has 0 bridgehead atoms. The third-order valence-corrected chi connectivity index (χ3v) is 3.65. The van der Waals surface area contributed by atoms with E-state index < -0.39 is 17.0 Å². The number of hydrogen-bond donors (Lipinski definition) is 1. The number of halogens is 1. The Morgan fingerprint density at radius 2 is 2.33 bits per heavy atom. The highest BCUT2D eigenvalue weighted by Gasteiger charge is 2.25. The largest absolute Gasteiger partial charge is 0.481 e. The van der Waals surface area contributed by atoms with Gasteiger partial charge in [-0.05, 0) is 6.07 Å². The lowest BCUT2D eigenvalue weighted by Gasteiger charge is -2.32. The highest BCUT2D eigenvalue weighted by Crippen LogP contribution is 2.28. The van der Waals surface area contributed by atoms with E-state index in [0.29, 0.717) is 36.8 Å². The molecule has 1 heterocycles. The fourth-order valence-electron chi connectivity index (χ4n) is 2.34. The highest BCUT2D eigenvalue weighted by molar-refractivity contribution is 6.31. The van der Waals surface area contributed by atoms with Gasteiger partial charge in [0.2, 0.25) is 0 Å². The molecular weight excluding hydrogens is 300 g/mol. The molecule has 1 aliphatic heterocycles. The molecule has 114 valence electrons. The fraction of sp³-hybridized carbons (Fsp3) is 0.462. The monoisotopic (exact) mass is 314 g/mol. The van der Waals surface area contributed by atoms with Gasteiger partial charge < -0.3 is 9.84 Å². The van der Waals surface area contributed by atoms with Crippen molar-refractivity contribution in [2.75, 3.05) is 19.7 Å². The van der Waals surface area contributed by atoms with Gasteiger partial charge in [0.1, 0.15) is 0 Å². The maximum Gasteiger partial charge on any atom is 0.306 e. The van der Waals surface area contributed by atoms with Gasteiger partial charge in [0, 0.05) is 25.7 Å². The summed E-state index contributed by atoms with van der Waals surface area (Å²) >= 11 is 6.06. The summed E-state index contributed by atoms with van der Waals surface area (Å²) in [7, 11) is 0. The van der Waals surface area contributed by atoms with E-state index in [1.54, 1.807) is 6.07 Å². The molecule has 1 atom stereocenters. The van der Waals surface area contributed by atoms with E-state index in [-0.39, 0.29) is 12.1 Å². The molecule has 0 radical (unpaired) electrons. The Kier molecular flexibility index (Phi) is 5.11. The number of rotatable bonds is 5. The standard InChI is InChI=1S/C13H15ClN2O5/c14-11-2-1-3-12(16(19)20)10(11)8-15-4-5-21-9(7-15)6-13(17)18/h1-3,9H,4-8H2,(H,17,18). The van der Waals surface area contributed by atoms with Gasteiger partial charge in [-0.25, -0.2) is 0 Å². The minimum Gasteiger partial charge on any atom is -0.481 e. The normalized spacial score (nSPS) is 19.4. The Balaban J connectivity index is 2.11. The Bertz CT molecular complexity index is 551. The smallest absolute Gasteiger partial charge is 0.306 e. The molecule has 1 N–H and O–H groups in total. The molecule has 7 nitrogen and oxygen atoms in total. The molecule has 21 heavy (non-hydrogen) atoms. The second-order valence-electron chi connectivity index (χ2n) is 4.82. The van der Waals surface area contributed by atoms with Crippen molar-refractivity contribution in [3.8, 4) is 0 Å². The molecule has 1 fully saturated rings. The third-order valence-electron chi connectivity index (χ3n) is 3.30. The highest BCUT2D eigenvalue weighted by atomic mass is 35.5. The van der Waals surface area contributed by atoms with Crippen molar-refractivity contribution in [1.29, 1.82) is 0 Å². The van der Waals surface area contributed by atoms with Crippen LogP contribution in [0.1, 0.15) is 12.0 Å². The van der Waals surface area contributed by atoms with Crippen molar-refractivity contribution >= 4 is 23.3 Å². The van der Waals surface area contributed by atoms with Crippen molar-refractivity contribution in [1.82, 2.24) is 4.90 Å². The average Bonchev–Trinajstić information content (AvgIpc) is 2.40. The van der Waals surface area contributed by atoms with E-state index in [0.717, 1.165) is 0 Å². The molecule has 1 unspecified atom stereocenters. The lowest BCUT2D eigenvalue weighted by atomic mass is 10.1. The molecule has 1 aromatic carbocycles. The maximum absolute atomic E-state index is 11.1. The number of nitrogens with zero attached hydrogens (tertiary/aromatic N) is 2. The molecule has 0 amide bonds. The van der Waals surface area contributed by atoms with Crippen LogP contribution in [0.4, 0.5) is 5.69 Å². The van der Waals surface area contributed by atoms with Gasteiger partial charge in [-0.1, -0.05) is 17.7 Å². The van der Waals surface area contributed by atoms with Gasteiger partial charge in [0.15, 0.2) is 0 Å². The predicted octanol–water partition coefficient (Wildman–Crippen LogP) is 1.92. The molecule has 0 saturated carbocycles. The van der Waals surface area contributed by atoms with Crippen molar-refractivity contribution in [2.24, 2.45) is 0 Å². The number of carboxylic acid groups (broad SMARTS) is 1. The van der Waals surface area contributed by atoms with E-state index in [9.17, 15) is 14.9 Å². The Morgan fingerprint density at radius 1 is 1.57 bits per heavy atom. The third kappa shape index (κ3) is 4.13. The van der Waals surface area contributed by atoms with Gasteiger partial charge in [-0.3, -0.25) is 19.8 Å². The first kappa shape index (κ1) is 15.7. The summed E-state index contributed by atoms with van der Waals surface area (Å²) in [5.74, 6) is -0.925. The van der Waals surface area contributed by atoms with E-state index in [1.165, 1.54) is 12.1 Å². The maximum atomic E-state index is 11.1. The Labute approximate surface area is 126 Å². The topological polar surface area (TPSA) is 92.9 Å². The molecule has 0 aromatic heterocycles. The van der Waals surface area contributed by atoms with Crippen molar-refractivity contribution in [3.63, 3.8) is 0 Å². The Hall–Kier alpha value is -1.70. The van der Waals surface area contributed by atoms with Crippen LogP contribution in [0.25, 0.3) is 0 Å². The first-order valence-electron chi connectivity index (χ1n) is 6.45. The van der Waals surface area contributed by atoms with Crippen LogP contribution in [0.3, 0.4) is 0 Å². The molecule has 1 saturated heterocycles. The van der Waals surface area contributed by atoms with E-state index in [1.807, 2.05) is 4.90 Å². The summed E-state index contributed by atoms with van der Waals surface area (Å²) in [6.45, 7) is 1.69. The molecule has 8 heteroatoms. The van der Waals surface area contributed by atoms with Crippen molar-refractivity contribution in [3.05, 3.63) is 38.9 Å². The minimum absolute atomic E-state index is 0.0243. The number of benzene rings is 1. The van der Waals surface area contributed by atoms with E-state index >= 15 is 0 Å². The van der Waals surface area contributed by atoms with Crippen molar-refractivity contribution < 1.29 is 19.6 Å². The lowest BCUT2D eigenvalue weighted by Crippen LogP contribution is -2.42. The van der Waals surface area contributed by atoms with Crippen LogP contribution in [-0.2, 0) is 16.1 Å². The number of nitro groups is 1. The number of carbonyl (C=O) groups is 1. The van der Waals surface area contributed by atoms with Crippen LogP contribution in [0.5, 0.6) is 0 Å². The first-order valence-corrected chi connectivity index (χ1v) is 6.82. The number of nitro benzene ring substituents is 1. The van der Waals surface area contributed by atoms with Gasteiger partial charge in [-0.2, -0.15) is 0 Å². The number of carboxylic acids is 1. The van der Waals surface area contributed by atoms with Crippen LogP contribution in [0, 0.1) is 10.1 Å². The summed E-state index contributed by atoms with van der Waals surface area (Å²) in [5, 5.41) is 20.2. The summed E-state index contributed by atoms with van der Waals surface area (Å²) in [6.07, 6.45) is -0.487. The summed E-state index contributed by atoms with van der Waals surface area (Å²) in [5.41, 5.74) is 0.420. The second kappa shape index (κ2) is 6.84. The van der Waals surface area contributed by atoms with Crippen LogP contribution < -0.4 is 0 Å². The number of aliphatic carboxylic acids is 1.